The van der Waals surface area contributed by atoms with Crippen molar-refractivity contribution in [2.75, 3.05) is 18.5 Å². The summed E-state index contributed by atoms with van der Waals surface area (Å²) in [5.41, 5.74) is 1.57. The molecule has 4 rings (SSSR count). The number of ether oxygens (including phenoxy) is 2. The summed E-state index contributed by atoms with van der Waals surface area (Å²) in [4.78, 5) is 12.4. The Morgan fingerprint density at radius 3 is 2.80 bits per heavy atom. The Bertz CT molecular complexity index is 904. The summed E-state index contributed by atoms with van der Waals surface area (Å²) in [7, 11) is 0. The molecule has 0 radical (unpaired) electrons. The van der Waals surface area contributed by atoms with Crippen molar-refractivity contribution in [2.24, 2.45) is 0 Å². The molecule has 0 aliphatic carbocycles. The van der Waals surface area contributed by atoms with Crippen LogP contribution in [0.25, 0.3) is 11.4 Å². The van der Waals surface area contributed by atoms with Crippen LogP contribution < -0.4 is 14.8 Å². The first-order valence-corrected chi connectivity index (χ1v) is 7.84. The lowest BCUT2D eigenvalue weighted by atomic mass is 10.2. The molecule has 0 atom stereocenters. The predicted molar refractivity (Wildman–Crippen MR) is 90.0 cm³/mol. The highest BCUT2D eigenvalue weighted by atomic mass is 19.1. The second-order valence-corrected chi connectivity index (χ2v) is 5.49. The van der Waals surface area contributed by atoms with E-state index in [2.05, 4.69) is 20.3 Å². The number of benzene rings is 1. The fourth-order valence-corrected chi connectivity index (χ4v) is 2.52. The average molecular weight is 338 g/mol. The fraction of sp³-hybridized carbons (Fsp3) is 0.167. The molecule has 0 saturated heterocycles. The van der Waals surface area contributed by atoms with Gasteiger partial charge in [0.15, 0.2) is 17.3 Å². The van der Waals surface area contributed by atoms with Crippen LogP contribution in [0.2, 0.25) is 0 Å². The number of aromatic nitrogens is 3. The maximum absolute atomic E-state index is 13.3. The van der Waals surface area contributed by atoms with Crippen LogP contribution in [-0.2, 0) is 6.54 Å². The van der Waals surface area contributed by atoms with E-state index in [1.807, 2.05) is 18.2 Å². The molecule has 126 valence electrons. The normalized spacial score (nSPS) is 12.7. The first kappa shape index (κ1) is 15.3. The molecule has 1 aliphatic heterocycles. The van der Waals surface area contributed by atoms with Crippen molar-refractivity contribution in [3.05, 3.63) is 60.3 Å². The van der Waals surface area contributed by atoms with Crippen molar-refractivity contribution in [3.8, 4) is 22.9 Å². The van der Waals surface area contributed by atoms with Gasteiger partial charge in [-0.25, -0.2) is 14.4 Å². The molecular weight excluding hydrogens is 323 g/mol. The van der Waals surface area contributed by atoms with Crippen LogP contribution in [0.5, 0.6) is 11.5 Å². The van der Waals surface area contributed by atoms with Gasteiger partial charge in [0, 0.05) is 24.5 Å². The third-order valence-electron chi connectivity index (χ3n) is 3.70. The smallest absolute Gasteiger partial charge is 0.163 e. The molecule has 3 heterocycles. The summed E-state index contributed by atoms with van der Waals surface area (Å²) >= 11 is 0. The zero-order chi connectivity index (χ0) is 17.1. The van der Waals surface area contributed by atoms with Crippen LogP contribution in [0.4, 0.5) is 10.2 Å². The van der Waals surface area contributed by atoms with Gasteiger partial charge in [-0.05, 0) is 29.8 Å². The van der Waals surface area contributed by atoms with Gasteiger partial charge in [-0.15, -0.1) is 0 Å². The number of nitrogens with one attached hydrogen (secondary N) is 1. The Hall–Kier alpha value is -3.22. The van der Waals surface area contributed by atoms with Gasteiger partial charge in [0.05, 0.1) is 6.20 Å². The third-order valence-corrected chi connectivity index (χ3v) is 3.70. The van der Waals surface area contributed by atoms with Gasteiger partial charge in [-0.3, -0.25) is 4.98 Å². The summed E-state index contributed by atoms with van der Waals surface area (Å²) in [5.74, 6) is 2.15. The van der Waals surface area contributed by atoms with E-state index in [9.17, 15) is 4.39 Å². The monoisotopic (exact) mass is 338 g/mol. The van der Waals surface area contributed by atoms with Gasteiger partial charge in [0.2, 0.25) is 0 Å². The minimum atomic E-state index is -0.421. The van der Waals surface area contributed by atoms with Crippen molar-refractivity contribution in [3.63, 3.8) is 0 Å². The lowest BCUT2D eigenvalue weighted by Crippen LogP contribution is -2.15. The van der Waals surface area contributed by atoms with Gasteiger partial charge in [0.1, 0.15) is 24.8 Å². The minimum Gasteiger partial charge on any atom is -0.486 e. The van der Waals surface area contributed by atoms with Gasteiger partial charge in [-0.2, -0.15) is 0 Å². The Balaban J connectivity index is 1.49. The lowest BCUT2D eigenvalue weighted by Gasteiger charge is -2.19. The molecule has 3 aromatic rings. The highest BCUT2D eigenvalue weighted by Gasteiger charge is 2.11. The largest absolute Gasteiger partial charge is 0.486 e. The Kier molecular flexibility index (Phi) is 4.12. The molecule has 0 unspecified atom stereocenters. The summed E-state index contributed by atoms with van der Waals surface area (Å²) in [6.07, 6.45) is 4.30. The van der Waals surface area contributed by atoms with E-state index < -0.39 is 5.82 Å². The number of pyridine rings is 1. The van der Waals surface area contributed by atoms with Crippen LogP contribution >= 0.6 is 0 Å². The Morgan fingerprint density at radius 2 is 1.92 bits per heavy atom. The number of rotatable bonds is 4. The van der Waals surface area contributed by atoms with Crippen molar-refractivity contribution >= 4 is 5.82 Å². The van der Waals surface area contributed by atoms with Crippen LogP contribution in [0.15, 0.2) is 48.9 Å². The molecule has 0 fully saturated rings. The van der Waals surface area contributed by atoms with E-state index >= 15 is 0 Å². The topological polar surface area (TPSA) is 69.2 Å². The van der Waals surface area contributed by atoms with Crippen LogP contribution in [0.1, 0.15) is 5.56 Å². The van der Waals surface area contributed by atoms with E-state index in [4.69, 9.17) is 9.47 Å². The zero-order valence-corrected chi connectivity index (χ0v) is 13.3. The molecular formula is C18H15FN4O2. The van der Waals surface area contributed by atoms with Gasteiger partial charge in [0.25, 0.3) is 0 Å². The standard InChI is InChI=1S/C18H15FN4O2/c19-14-8-13(10-20-11-14)18-21-4-3-17(23-18)22-9-12-1-2-15-16(7-12)25-6-5-24-15/h1-4,7-8,10-11H,5-6,9H2,(H,21,22,23). The SMILES string of the molecule is Fc1cncc(-c2nccc(NCc3ccc4c(c3)OCCO4)n2)c1. The van der Waals surface area contributed by atoms with Crippen LogP contribution in [0, 0.1) is 5.82 Å². The molecule has 0 bridgehead atoms. The summed E-state index contributed by atoms with van der Waals surface area (Å²) < 4.78 is 24.4. The number of anilines is 1. The zero-order valence-electron chi connectivity index (χ0n) is 13.3. The molecule has 0 amide bonds. The van der Waals surface area contributed by atoms with E-state index in [0.29, 0.717) is 37.0 Å². The van der Waals surface area contributed by atoms with Crippen molar-refractivity contribution < 1.29 is 13.9 Å². The van der Waals surface area contributed by atoms with Gasteiger partial charge < -0.3 is 14.8 Å². The highest BCUT2D eigenvalue weighted by Crippen LogP contribution is 2.30. The lowest BCUT2D eigenvalue weighted by molar-refractivity contribution is 0.171. The van der Waals surface area contributed by atoms with E-state index in [0.717, 1.165) is 23.3 Å². The van der Waals surface area contributed by atoms with Crippen molar-refractivity contribution in [1.82, 2.24) is 15.0 Å². The number of hydrogen-bond donors (Lipinski definition) is 1. The number of fused-ring (bicyclic) bond motifs is 1. The van der Waals surface area contributed by atoms with Crippen LogP contribution in [0.3, 0.4) is 0 Å². The summed E-state index contributed by atoms with van der Waals surface area (Å²) in [6.45, 7) is 1.69. The first-order chi connectivity index (χ1) is 12.3. The minimum absolute atomic E-state index is 0.416. The van der Waals surface area contributed by atoms with Crippen molar-refractivity contribution in [1.29, 1.82) is 0 Å². The second kappa shape index (κ2) is 6.72. The molecule has 6 nitrogen and oxygen atoms in total. The number of nitrogens with zero attached hydrogens (tertiary/aromatic N) is 3. The fourth-order valence-electron chi connectivity index (χ4n) is 2.52. The quantitative estimate of drug-likeness (QED) is 0.788. The summed E-state index contributed by atoms with van der Waals surface area (Å²) in [5, 5.41) is 3.23. The molecule has 2 aromatic heterocycles. The second-order valence-electron chi connectivity index (χ2n) is 5.49. The first-order valence-electron chi connectivity index (χ1n) is 7.84. The number of halogens is 1. The van der Waals surface area contributed by atoms with Gasteiger partial charge >= 0.3 is 0 Å². The molecule has 1 aliphatic rings. The molecule has 0 spiro atoms. The third kappa shape index (κ3) is 3.50. The average Bonchev–Trinajstić information content (AvgIpc) is 2.66. The van der Waals surface area contributed by atoms with Gasteiger partial charge in [-0.1, -0.05) is 6.07 Å². The predicted octanol–water partition coefficient (Wildman–Crippen LogP) is 3.06. The Labute approximate surface area is 143 Å². The molecule has 7 heteroatoms. The Morgan fingerprint density at radius 1 is 1.04 bits per heavy atom. The maximum Gasteiger partial charge on any atom is 0.163 e. The van der Waals surface area contributed by atoms with Crippen LogP contribution in [-0.4, -0.2) is 28.2 Å². The van der Waals surface area contributed by atoms with E-state index in [-0.39, 0.29) is 0 Å². The van der Waals surface area contributed by atoms with Crippen molar-refractivity contribution in [2.45, 2.75) is 6.54 Å². The highest BCUT2D eigenvalue weighted by molar-refractivity contribution is 5.55. The summed E-state index contributed by atoms with van der Waals surface area (Å²) in [6, 6.07) is 8.93. The molecule has 25 heavy (non-hydrogen) atoms. The molecule has 1 aromatic carbocycles. The van der Waals surface area contributed by atoms with E-state index in [1.54, 1.807) is 12.3 Å². The molecule has 1 N–H and O–H groups in total. The molecule has 0 saturated carbocycles. The van der Waals surface area contributed by atoms with E-state index in [1.165, 1.54) is 12.3 Å². The maximum atomic E-state index is 13.3. The number of hydrogen-bond acceptors (Lipinski definition) is 6.